The predicted octanol–water partition coefficient (Wildman–Crippen LogP) is 1.94. The van der Waals surface area contributed by atoms with Crippen molar-refractivity contribution in [2.45, 2.75) is 76.3 Å². The van der Waals surface area contributed by atoms with Crippen molar-refractivity contribution in [1.82, 2.24) is 15.5 Å². The van der Waals surface area contributed by atoms with Crippen LogP contribution in [0.2, 0.25) is 0 Å². The van der Waals surface area contributed by atoms with Gasteiger partial charge in [0.2, 0.25) is 5.91 Å². The standard InChI is InChI=1S/C17H27N3O3/c1-12-7-3-4-8-13(12)18-14(21)11-20-15(22)17(19-16(20)23)9-5-2-6-10-17/h12-13H,2-11H2,1H3,(H,18,21)(H,19,23)/t12-,13-/m0/s1. The Morgan fingerprint density at radius 3 is 2.57 bits per heavy atom. The van der Waals surface area contributed by atoms with Gasteiger partial charge < -0.3 is 10.6 Å². The third-order valence-electron chi connectivity index (χ3n) is 5.71. The molecule has 2 atom stereocenters. The number of carbonyl (C=O) groups excluding carboxylic acids is 3. The lowest BCUT2D eigenvalue weighted by atomic mass is 9.82. The van der Waals surface area contributed by atoms with E-state index in [9.17, 15) is 14.4 Å². The van der Waals surface area contributed by atoms with E-state index in [1.807, 2.05) is 0 Å². The highest BCUT2D eigenvalue weighted by molar-refractivity contribution is 6.09. The molecule has 2 saturated carbocycles. The molecule has 0 aromatic carbocycles. The van der Waals surface area contributed by atoms with E-state index in [0.717, 1.165) is 43.4 Å². The second-order valence-corrected chi connectivity index (χ2v) is 7.40. The highest BCUT2D eigenvalue weighted by Gasteiger charge is 2.51. The van der Waals surface area contributed by atoms with E-state index >= 15 is 0 Å². The monoisotopic (exact) mass is 321 g/mol. The minimum Gasteiger partial charge on any atom is -0.352 e. The summed E-state index contributed by atoms with van der Waals surface area (Å²) in [6.07, 6.45) is 8.83. The summed E-state index contributed by atoms with van der Waals surface area (Å²) in [4.78, 5) is 38.2. The molecule has 0 aromatic heterocycles. The van der Waals surface area contributed by atoms with Crippen LogP contribution in [-0.4, -0.2) is 40.9 Å². The zero-order chi connectivity index (χ0) is 16.4. The van der Waals surface area contributed by atoms with Crippen LogP contribution in [0.15, 0.2) is 0 Å². The van der Waals surface area contributed by atoms with Gasteiger partial charge >= 0.3 is 6.03 Å². The largest absolute Gasteiger partial charge is 0.352 e. The van der Waals surface area contributed by atoms with E-state index in [4.69, 9.17) is 0 Å². The van der Waals surface area contributed by atoms with Gasteiger partial charge in [-0.25, -0.2) is 4.79 Å². The number of rotatable bonds is 3. The number of amides is 4. The van der Waals surface area contributed by atoms with E-state index in [-0.39, 0.29) is 24.4 Å². The summed E-state index contributed by atoms with van der Waals surface area (Å²) in [5.74, 6) is 0.0228. The van der Waals surface area contributed by atoms with Gasteiger partial charge in [0.15, 0.2) is 0 Å². The van der Waals surface area contributed by atoms with Crippen LogP contribution in [0.5, 0.6) is 0 Å². The second kappa shape index (κ2) is 6.49. The lowest BCUT2D eigenvalue weighted by Gasteiger charge is -2.31. The summed E-state index contributed by atoms with van der Waals surface area (Å²) < 4.78 is 0. The molecule has 0 aromatic rings. The molecular formula is C17H27N3O3. The highest BCUT2D eigenvalue weighted by Crippen LogP contribution is 2.33. The molecule has 0 unspecified atom stereocenters. The maximum Gasteiger partial charge on any atom is 0.325 e. The van der Waals surface area contributed by atoms with Crippen molar-refractivity contribution in [2.75, 3.05) is 6.54 Å². The lowest BCUT2D eigenvalue weighted by Crippen LogP contribution is -2.50. The Morgan fingerprint density at radius 1 is 1.17 bits per heavy atom. The second-order valence-electron chi connectivity index (χ2n) is 7.40. The number of hydrogen-bond donors (Lipinski definition) is 2. The van der Waals surface area contributed by atoms with Crippen molar-refractivity contribution >= 4 is 17.8 Å². The fourth-order valence-electron chi connectivity index (χ4n) is 4.24. The van der Waals surface area contributed by atoms with Crippen LogP contribution < -0.4 is 10.6 Å². The molecule has 2 N–H and O–H groups in total. The van der Waals surface area contributed by atoms with Gasteiger partial charge in [-0.05, 0) is 31.6 Å². The van der Waals surface area contributed by atoms with Crippen molar-refractivity contribution in [2.24, 2.45) is 5.92 Å². The molecule has 4 amide bonds. The third-order valence-corrected chi connectivity index (χ3v) is 5.71. The van der Waals surface area contributed by atoms with Gasteiger partial charge in [-0.3, -0.25) is 14.5 Å². The van der Waals surface area contributed by atoms with Crippen LogP contribution >= 0.6 is 0 Å². The van der Waals surface area contributed by atoms with Crippen LogP contribution in [0.25, 0.3) is 0 Å². The van der Waals surface area contributed by atoms with Crippen LogP contribution in [0, 0.1) is 5.92 Å². The summed E-state index contributed by atoms with van der Waals surface area (Å²) in [6, 6.07) is -0.246. The average molecular weight is 321 g/mol. The first-order valence-electron chi connectivity index (χ1n) is 8.95. The molecule has 0 radical (unpaired) electrons. The molecule has 23 heavy (non-hydrogen) atoms. The number of imide groups is 1. The third kappa shape index (κ3) is 3.21. The van der Waals surface area contributed by atoms with Crippen LogP contribution in [-0.2, 0) is 9.59 Å². The topological polar surface area (TPSA) is 78.5 Å². The fourth-order valence-corrected chi connectivity index (χ4v) is 4.24. The zero-order valence-corrected chi connectivity index (χ0v) is 13.9. The van der Waals surface area contributed by atoms with E-state index in [2.05, 4.69) is 17.6 Å². The number of nitrogens with one attached hydrogen (secondary N) is 2. The molecule has 3 aliphatic rings. The quantitative estimate of drug-likeness (QED) is 0.780. The molecule has 3 fully saturated rings. The number of urea groups is 1. The van der Waals surface area contributed by atoms with E-state index in [0.29, 0.717) is 18.8 Å². The van der Waals surface area contributed by atoms with Crippen LogP contribution in [0.1, 0.15) is 64.7 Å². The Bertz CT molecular complexity index is 499. The van der Waals surface area contributed by atoms with Crippen molar-refractivity contribution in [3.63, 3.8) is 0 Å². The summed E-state index contributed by atoms with van der Waals surface area (Å²) in [5.41, 5.74) is -0.742. The molecule has 1 spiro atoms. The number of nitrogens with zero attached hydrogens (tertiary/aromatic N) is 1. The minimum absolute atomic E-state index is 0.157. The molecule has 6 heteroatoms. The summed E-state index contributed by atoms with van der Waals surface area (Å²) in [5, 5.41) is 5.86. The first-order chi connectivity index (χ1) is 11.0. The molecular weight excluding hydrogens is 294 g/mol. The van der Waals surface area contributed by atoms with Crippen molar-refractivity contribution in [3.8, 4) is 0 Å². The molecule has 1 heterocycles. The lowest BCUT2D eigenvalue weighted by molar-refractivity contribution is -0.136. The Balaban J connectivity index is 1.59. The van der Waals surface area contributed by atoms with Crippen molar-refractivity contribution < 1.29 is 14.4 Å². The Hall–Kier alpha value is -1.59. The highest BCUT2D eigenvalue weighted by atomic mass is 16.2. The van der Waals surface area contributed by atoms with Crippen molar-refractivity contribution in [3.05, 3.63) is 0 Å². The minimum atomic E-state index is -0.742. The summed E-state index contributed by atoms with van der Waals surface area (Å²) in [6.45, 7) is 1.99. The Kier molecular flexibility index (Phi) is 4.60. The molecule has 6 nitrogen and oxygen atoms in total. The van der Waals surface area contributed by atoms with E-state index in [1.165, 1.54) is 6.42 Å². The van der Waals surface area contributed by atoms with E-state index in [1.54, 1.807) is 0 Å². The summed E-state index contributed by atoms with van der Waals surface area (Å²) in [7, 11) is 0. The molecule has 128 valence electrons. The molecule has 1 saturated heterocycles. The predicted molar refractivity (Wildman–Crippen MR) is 85.6 cm³/mol. The maximum atomic E-state index is 12.6. The first-order valence-corrected chi connectivity index (χ1v) is 8.95. The van der Waals surface area contributed by atoms with Gasteiger partial charge in [0.05, 0.1) is 0 Å². The molecule has 1 aliphatic heterocycles. The summed E-state index contributed by atoms with van der Waals surface area (Å²) >= 11 is 0. The zero-order valence-electron chi connectivity index (χ0n) is 13.9. The normalized spacial score (nSPS) is 30.4. The van der Waals surface area contributed by atoms with Gasteiger partial charge in [-0.15, -0.1) is 0 Å². The van der Waals surface area contributed by atoms with Gasteiger partial charge in [0.25, 0.3) is 5.91 Å². The molecule has 3 rings (SSSR count). The molecule has 2 aliphatic carbocycles. The smallest absolute Gasteiger partial charge is 0.325 e. The maximum absolute atomic E-state index is 12.6. The Labute approximate surface area is 137 Å². The van der Waals surface area contributed by atoms with Gasteiger partial charge in [0.1, 0.15) is 12.1 Å². The van der Waals surface area contributed by atoms with Crippen LogP contribution in [0.3, 0.4) is 0 Å². The van der Waals surface area contributed by atoms with Crippen LogP contribution in [0.4, 0.5) is 4.79 Å². The number of carbonyl (C=O) groups is 3. The fraction of sp³-hybridized carbons (Fsp3) is 0.824. The molecule has 0 bridgehead atoms. The average Bonchev–Trinajstić information content (AvgIpc) is 2.75. The Morgan fingerprint density at radius 2 is 1.87 bits per heavy atom. The van der Waals surface area contributed by atoms with Gasteiger partial charge in [0, 0.05) is 6.04 Å². The van der Waals surface area contributed by atoms with Crippen molar-refractivity contribution in [1.29, 1.82) is 0 Å². The first kappa shape index (κ1) is 16.3. The SMILES string of the molecule is C[C@H]1CCCC[C@@H]1NC(=O)CN1C(=O)NC2(CCCCC2)C1=O. The van der Waals surface area contributed by atoms with Gasteiger partial charge in [-0.1, -0.05) is 39.0 Å². The number of hydrogen-bond acceptors (Lipinski definition) is 3. The van der Waals surface area contributed by atoms with E-state index < -0.39 is 11.6 Å². The van der Waals surface area contributed by atoms with Gasteiger partial charge in [-0.2, -0.15) is 0 Å².